The van der Waals surface area contributed by atoms with Crippen LogP contribution < -0.4 is 11.1 Å². The summed E-state index contributed by atoms with van der Waals surface area (Å²) < 4.78 is 0. The van der Waals surface area contributed by atoms with Crippen LogP contribution in [0.2, 0.25) is 0 Å². The molecule has 96 valence electrons. The first-order valence-electron chi connectivity index (χ1n) is 6.32. The molecule has 1 aromatic rings. The molecule has 0 amide bonds. The van der Waals surface area contributed by atoms with E-state index < -0.39 is 0 Å². The third-order valence-corrected chi connectivity index (χ3v) is 2.75. The van der Waals surface area contributed by atoms with Gasteiger partial charge in [-0.2, -0.15) is 0 Å². The molecule has 0 aliphatic carbocycles. The number of pyridine rings is 1. The predicted molar refractivity (Wildman–Crippen MR) is 73.9 cm³/mol. The number of aryl methyl sites for hydroxylation is 1. The Labute approximate surface area is 105 Å². The van der Waals surface area contributed by atoms with Gasteiger partial charge in [-0.15, -0.1) is 0 Å². The smallest absolute Gasteiger partial charge is 0.123 e. The Hall–Kier alpha value is -1.09. The van der Waals surface area contributed by atoms with Gasteiger partial charge in [-0.3, -0.25) is 0 Å². The number of nitrogens with two attached hydrogens (primary N) is 1. The van der Waals surface area contributed by atoms with Crippen molar-refractivity contribution < 1.29 is 0 Å². The Morgan fingerprint density at radius 2 is 2.12 bits per heavy atom. The lowest BCUT2D eigenvalue weighted by Gasteiger charge is -2.23. The van der Waals surface area contributed by atoms with Crippen LogP contribution >= 0.6 is 0 Å². The zero-order valence-corrected chi connectivity index (χ0v) is 11.5. The molecule has 1 heterocycles. The summed E-state index contributed by atoms with van der Waals surface area (Å²) in [6.45, 7) is 9.93. The van der Waals surface area contributed by atoms with Crippen molar-refractivity contribution in [3.8, 4) is 0 Å². The first-order valence-corrected chi connectivity index (χ1v) is 6.32. The molecule has 3 heteroatoms. The van der Waals surface area contributed by atoms with Crippen molar-refractivity contribution in [2.24, 2.45) is 5.92 Å². The molecule has 0 aliphatic heterocycles. The molecule has 0 aliphatic rings. The van der Waals surface area contributed by atoms with Gasteiger partial charge in [-0.1, -0.05) is 6.92 Å². The van der Waals surface area contributed by atoms with Crippen LogP contribution in [0.25, 0.3) is 0 Å². The van der Waals surface area contributed by atoms with Gasteiger partial charge in [0.05, 0.1) is 0 Å². The van der Waals surface area contributed by atoms with Crippen molar-refractivity contribution in [2.75, 3.05) is 12.3 Å². The summed E-state index contributed by atoms with van der Waals surface area (Å²) in [5.74, 6) is 1.28. The molecule has 17 heavy (non-hydrogen) atoms. The molecule has 0 aromatic carbocycles. The van der Waals surface area contributed by atoms with Crippen molar-refractivity contribution in [1.82, 2.24) is 10.3 Å². The maximum atomic E-state index is 5.66. The molecule has 3 nitrogen and oxygen atoms in total. The van der Waals surface area contributed by atoms with Crippen molar-refractivity contribution in [2.45, 2.75) is 46.1 Å². The number of nitrogen functional groups attached to an aromatic ring is 1. The molecule has 1 rings (SSSR count). The normalized spacial score (nSPS) is 13.6. The lowest BCUT2D eigenvalue weighted by molar-refractivity contribution is 0.372. The monoisotopic (exact) mass is 235 g/mol. The van der Waals surface area contributed by atoms with Crippen LogP contribution in [-0.2, 0) is 6.42 Å². The molecule has 0 spiro atoms. The number of nitrogens with one attached hydrogen (secondary N) is 1. The van der Waals surface area contributed by atoms with Gasteiger partial charge in [0.2, 0.25) is 0 Å². The highest BCUT2D eigenvalue weighted by Gasteiger charge is 2.11. The lowest BCUT2D eigenvalue weighted by Crippen LogP contribution is -2.38. The van der Waals surface area contributed by atoms with Gasteiger partial charge >= 0.3 is 0 Å². The van der Waals surface area contributed by atoms with Crippen LogP contribution in [-0.4, -0.2) is 17.1 Å². The summed E-state index contributed by atoms with van der Waals surface area (Å²) in [6.07, 6.45) is 4.02. The van der Waals surface area contributed by atoms with Gasteiger partial charge < -0.3 is 11.1 Å². The number of anilines is 1. The van der Waals surface area contributed by atoms with Crippen LogP contribution in [0.1, 0.15) is 39.7 Å². The number of hydrogen-bond acceptors (Lipinski definition) is 3. The Bertz CT molecular complexity index is 342. The van der Waals surface area contributed by atoms with Crippen LogP contribution in [0, 0.1) is 5.92 Å². The second kappa shape index (κ2) is 6.01. The van der Waals surface area contributed by atoms with Gasteiger partial charge in [0.15, 0.2) is 0 Å². The lowest BCUT2D eigenvalue weighted by atomic mass is 10.00. The van der Waals surface area contributed by atoms with E-state index in [0.717, 1.165) is 13.0 Å². The summed E-state index contributed by atoms with van der Waals surface area (Å²) in [5, 5.41) is 3.53. The number of rotatable bonds is 5. The minimum atomic E-state index is 0.204. The standard InChI is InChI=1S/C14H25N3/c1-11(10-17-14(2,3)4)5-6-12-7-8-16-13(15)9-12/h7-9,11,17H,5-6,10H2,1-4H3,(H2,15,16). The maximum absolute atomic E-state index is 5.66. The largest absolute Gasteiger partial charge is 0.384 e. The van der Waals surface area contributed by atoms with Crippen molar-refractivity contribution in [3.63, 3.8) is 0 Å². The van der Waals surface area contributed by atoms with E-state index in [1.54, 1.807) is 6.20 Å². The third-order valence-electron chi connectivity index (χ3n) is 2.75. The fourth-order valence-corrected chi connectivity index (χ4v) is 1.65. The second-order valence-electron chi connectivity index (χ2n) is 5.86. The van der Waals surface area contributed by atoms with E-state index in [2.05, 4.69) is 38.0 Å². The van der Waals surface area contributed by atoms with Gasteiger partial charge in [0.25, 0.3) is 0 Å². The van der Waals surface area contributed by atoms with Crippen molar-refractivity contribution >= 4 is 5.82 Å². The molecular weight excluding hydrogens is 210 g/mol. The molecule has 1 atom stereocenters. The van der Waals surface area contributed by atoms with E-state index in [1.807, 2.05) is 12.1 Å². The SMILES string of the molecule is CC(CCc1ccnc(N)c1)CNC(C)(C)C. The van der Waals surface area contributed by atoms with E-state index >= 15 is 0 Å². The zero-order valence-electron chi connectivity index (χ0n) is 11.5. The summed E-state index contributed by atoms with van der Waals surface area (Å²) in [5.41, 5.74) is 7.14. The maximum Gasteiger partial charge on any atom is 0.123 e. The average Bonchev–Trinajstić information content (AvgIpc) is 2.23. The Morgan fingerprint density at radius 3 is 2.71 bits per heavy atom. The molecule has 1 aromatic heterocycles. The van der Waals surface area contributed by atoms with E-state index in [0.29, 0.717) is 11.7 Å². The molecule has 1 unspecified atom stereocenters. The highest BCUT2D eigenvalue weighted by atomic mass is 14.9. The Kier molecular flexibility index (Phi) is 4.94. The van der Waals surface area contributed by atoms with E-state index in [-0.39, 0.29) is 5.54 Å². The Balaban J connectivity index is 2.31. The molecule has 3 N–H and O–H groups in total. The summed E-state index contributed by atoms with van der Waals surface area (Å²) in [7, 11) is 0. The molecule has 0 saturated heterocycles. The minimum absolute atomic E-state index is 0.204. The molecule has 0 saturated carbocycles. The average molecular weight is 235 g/mol. The number of aromatic nitrogens is 1. The second-order valence-corrected chi connectivity index (χ2v) is 5.86. The molecule has 0 bridgehead atoms. The van der Waals surface area contributed by atoms with Crippen LogP contribution in [0.15, 0.2) is 18.3 Å². The summed E-state index contributed by atoms with van der Waals surface area (Å²) in [6, 6.07) is 4.00. The molecule has 0 fully saturated rings. The fourth-order valence-electron chi connectivity index (χ4n) is 1.65. The van der Waals surface area contributed by atoms with Crippen LogP contribution in [0.3, 0.4) is 0 Å². The Morgan fingerprint density at radius 1 is 1.41 bits per heavy atom. The van der Waals surface area contributed by atoms with Gasteiger partial charge in [-0.25, -0.2) is 4.98 Å². The number of hydrogen-bond donors (Lipinski definition) is 2. The number of nitrogens with zero attached hydrogens (tertiary/aromatic N) is 1. The highest BCUT2D eigenvalue weighted by molar-refractivity contribution is 5.31. The van der Waals surface area contributed by atoms with Crippen molar-refractivity contribution in [3.05, 3.63) is 23.9 Å². The highest BCUT2D eigenvalue weighted by Crippen LogP contribution is 2.11. The van der Waals surface area contributed by atoms with Gasteiger partial charge in [-0.05, 0) is 63.8 Å². The van der Waals surface area contributed by atoms with Crippen molar-refractivity contribution in [1.29, 1.82) is 0 Å². The van der Waals surface area contributed by atoms with Gasteiger partial charge in [0, 0.05) is 11.7 Å². The van der Waals surface area contributed by atoms with E-state index in [9.17, 15) is 0 Å². The van der Waals surface area contributed by atoms with Crippen LogP contribution in [0.5, 0.6) is 0 Å². The summed E-state index contributed by atoms with van der Waals surface area (Å²) >= 11 is 0. The fraction of sp³-hybridized carbons (Fsp3) is 0.643. The quantitative estimate of drug-likeness (QED) is 0.825. The zero-order chi connectivity index (χ0) is 12.9. The molecule has 0 radical (unpaired) electrons. The molecular formula is C14H25N3. The minimum Gasteiger partial charge on any atom is -0.384 e. The topological polar surface area (TPSA) is 50.9 Å². The van der Waals surface area contributed by atoms with E-state index in [1.165, 1.54) is 12.0 Å². The summed E-state index contributed by atoms with van der Waals surface area (Å²) in [4.78, 5) is 4.00. The first-order chi connectivity index (χ1) is 7.87. The predicted octanol–water partition coefficient (Wildman–Crippen LogP) is 2.62. The van der Waals surface area contributed by atoms with E-state index in [4.69, 9.17) is 5.73 Å². The van der Waals surface area contributed by atoms with Crippen LogP contribution in [0.4, 0.5) is 5.82 Å². The first kappa shape index (κ1) is 14.0. The van der Waals surface area contributed by atoms with Gasteiger partial charge in [0.1, 0.15) is 5.82 Å². The third kappa shape index (κ3) is 6.27.